The lowest BCUT2D eigenvalue weighted by molar-refractivity contribution is 0.280. The lowest BCUT2D eigenvalue weighted by Crippen LogP contribution is -1.99. The first-order chi connectivity index (χ1) is 8.56. The second-order valence-electron chi connectivity index (χ2n) is 5.43. The van der Waals surface area contributed by atoms with Crippen molar-refractivity contribution in [3.05, 3.63) is 35.0 Å². The number of rotatable bonds is 4. The zero-order valence-corrected chi connectivity index (χ0v) is 11.8. The minimum atomic E-state index is 0.252. The first-order valence-corrected chi connectivity index (χ1v) is 6.76. The third-order valence-corrected chi connectivity index (χ3v) is 3.64. The molecule has 2 heteroatoms. The zero-order chi connectivity index (χ0) is 13.3. The van der Waals surface area contributed by atoms with E-state index in [9.17, 15) is 0 Å². The van der Waals surface area contributed by atoms with E-state index in [4.69, 9.17) is 5.11 Å². The van der Waals surface area contributed by atoms with E-state index in [-0.39, 0.29) is 6.61 Å². The van der Waals surface area contributed by atoms with Crippen molar-refractivity contribution in [2.75, 3.05) is 6.61 Å². The number of aliphatic hydroxyl groups excluding tert-OH is 1. The normalized spacial score (nSPS) is 11.7. The molecule has 2 rings (SSSR count). The van der Waals surface area contributed by atoms with E-state index >= 15 is 0 Å². The van der Waals surface area contributed by atoms with Crippen molar-refractivity contribution in [2.45, 2.75) is 46.6 Å². The van der Waals surface area contributed by atoms with E-state index in [1.807, 2.05) is 0 Å². The van der Waals surface area contributed by atoms with Gasteiger partial charge in [-0.05, 0) is 42.9 Å². The van der Waals surface area contributed by atoms with Gasteiger partial charge in [-0.3, -0.25) is 0 Å². The first-order valence-electron chi connectivity index (χ1n) is 6.76. The van der Waals surface area contributed by atoms with Crippen LogP contribution in [0, 0.1) is 13.8 Å². The molecule has 1 aromatic carbocycles. The Bertz CT molecular complexity index is 552. The van der Waals surface area contributed by atoms with Crippen molar-refractivity contribution in [1.82, 2.24) is 4.57 Å². The van der Waals surface area contributed by atoms with Crippen LogP contribution in [0.4, 0.5) is 0 Å². The Morgan fingerprint density at radius 3 is 2.44 bits per heavy atom. The number of hydrogen-bond donors (Lipinski definition) is 1. The standard InChI is InChI=1S/C16H23NO/c1-11(2)14-10-17(8-5-9-18)16-13(4)7-6-12(3)15(14)16/h6-7,10-11,18H,5,8-9H2,1-4H3. The number of aliphatic hydroxyl groups is 1. The van der Waals surface area contributed by atoms with Crippen molar-refractivity contribution in [3.8, 4) is 0 Å². The molecule has 0 saturated heterocycles. The third-order valence-electron chi connectivity index (χ3n) is 3.64. The highest BCUT2D eigenvalue weighted by molar-refractivity contribution is 5.90. The highest BCUT2D eigenvalue weighted by atomic mass is 16.3. The van der Waals surface area contributed by atoms with Gasteiger partial charge < -0.3 is 9.67 Å². The summed E-state index contributed by atoms with van der Waals surface area (Å²) < 4.78 is 2.31. The summed E-state index contributed by atoms with van der Waals surface area (Å²) in [7, 11) is 0. The Labute approximate surface area is 109 Å². The molecule has 18 heavy (non-hydrogen) atoms. The number of hydrogen-bond acceptors (Lipinski definition) is 1. The Morgan fingerprint density at radius 1 is 1.17 bits per heavy atom. The SMILES string of the molecule is Cc1ccc(C)c2c1c(C(C)C)cn2CCCO. The summed E-state index contributed by atoms with van der Waals surface area (Å²) in [5.41, 5.74) is 5.43. The predicted octanol–water partition coefficient (Wildman–Crippen LogP) is 3.76. The van der Waals surface area contributed by atoms with Crippen LogP contribution in [0.5, 0.6) is 0 Å². The summed E-state index contributed by atoms with van der Waals surface area (Å²) in [6, 6.07) is 4.40. The Balaban J connectivity index is 2.68. The highest BCUT2D eigenvalue weighted by Crippen LogP contribution is 2.32. The van der Waals surface area contributed by atoms with Gasteiger partial charge >= 0.3 is 0 Å². The van der Waals surface area contributed by atoms with Crippen LogP contribution in [0.3, 0.4) is 0 Å². The maximum absolute atomic E-state index is 9.03. The van der Waals surface area contributed by atoms with Gasteiger partial charge in [0.2, 0.25) is 0 Å². The first kappa shape index (κ1) is 13.2. The second kappa shape index (κ2) is 5.15. The smallest absolute Gasteiger partial charge is 0.0515 e. The van der Waals surface area contributed by atoms with Gasteiger partial charge in [-0.25, -0.2) is 0 Å². The lowest BCUT2D eigenvalue weighted by Gasteiger charge is -2.08. The quantitative estimate of drug-likeness (QED) is 0.871. The highest BCUT2D eigenvalue weighted by Gasteiger charge is 2.14. The summed E-state index contributed by atoms with van der Waals surface area (Å²) in [4.78, 5) is 0. The molecule has 0 spiro atoms. The molecule has 0 saturated carbocycles. The third kappa shape index (κ3) is 2.17. The number of aromatic nitrogens is 1. The van der Waals surface area contributed by atoms with E-state index in [1.54, 1.807) is 0 Å². The number of aryl methyl sites for hydroxylation is 3. The number of benzene rings is 1. The van der Waals surface area contributed by atoms with Gasteiger partial charge in [0.05, 0.1) is 5.52 Å². The minimum Gasteiger partial charge on any atom is -0.396 e. The minimum absolute atomic E-state index is 0.252. The second-order valence-corrected chi connectivity index (χ2v) is 5.43. The van der Waals surface area contributed by atoms with Crippen LogP contribution in [0.2, 0.25) is 0 Å². The monoisotopic (exact) mass is 245 g/mol. The summed E-state index contributed by atoms with van der Waals surface area (Å²) in [6.45, 7) is 9.98. The van der Waals surface area contributed by atoms with Crippen LogP contribution in [0.15, 0.2) is 18.3 Å². The van der Waals surface area contributed by atoms with Crippen LogP contribution in [-0.4, -0.2) is 16.3 Å². The van der Waals surface area contributed by atoms with Crippen LogP contribution >= 0.6 is 0 Å². The van der Waals surface area contributed by atoms with Gasteiger partial charge in [-0.15, -0.1) is 0 Å². The molecular formula is C16H23NO. The van der Waals surface area contributed by atoms with Gasteiger partial charge in [0, 0.05) is 24.7 Å². The predicted molar refractivity (Wildman–Crippen MR) is 77.2 cm³/mol. The zero-order valence-electron chi connectivity index (χ0n) is 11.8. The lowest BCUT2D eigenvalue weighted by atomic mass is 9.98. The van der Waals surface area contributed by atoms with E-state index in [0.29, 0.717) is 5.92 Å². The molecule has 0 aliphatic rings. The molecule has 0 aliphatic carbocycles. The summed E-state index contributed by atoms with van der Waals surface area (Å²) in [6.07, 6.45) is 3.08. The van der Waals surface area contributed by atoms with Crippen molar-refractivity contribution in [1.29, 1.82) is 0 Å². The number of fused-ring (bicyclic) bond motifs is 1. The molecule has 0 amide bonds. The molecule has 0 unspecified atom stereocenters. The van der Waals surface area contributed by atoms with Crippen LogP contribution in [0.25, 0.3) is 10.9 Å². The Hall–Kier alpha value is -1.28. The van der Waals surface area contributed by atoms with E-state index in [1.165, 1.54) is 27.6 Å². The van der Waals surface area contributed by atoms with Crippen molar-refractivity contribution in [3.63, 3.8) is 0 Å². The maximum atomic E-state index is 9.03. The Kier molecular flexibility index (Phi) is 3.76. The molecule has 98 valence electrons. The average Bonchev–Trinajstić information content (AvgIpc) is 2.72. The van der Waals surface area contributed by atoms with Gasteiger partial charge in [-0.2, -0.15) is 0 Å². The van der Waals surface area contributed by atoms with E-state index in [0.717, 1.165) is 13.0 Å². The molecule has 0 bridgehead atoms. The van der Waals surface area contributed by atoms with Gasteiger partial charge in [0.25, 0.3) is 0 Å². The molecule has 1 aromatic heterocycles. The fourth-order valence-corrected chi connectivity index (χ4v) is 2.68. The summed E-state index contributed by atoms with van der Waals surface area (Å²) >= 11 is 0. The maximum Gasteiger partial charge on any atom is 0.0515 e. The van der Waals surface area contributed by atoms with Gasteiger partial charge in [-0.1, -0.05) is 26.0 Å². The largest absolute Gasteiger partial charge is 0.396 e. The van der Waals surface area contributed by atoms with Gasteiger partial charge in [0.15, 0.2) is 0 Å². The van der Waals surface area contributed by atoms with Crippen LogP contribution < -0.4 is 0 Å². The van der Waals surface area contributed by atoms with E-state index in [2.05, 4.69) is 50.6 Å². The molecular weight excluding hydrogens is 222 g/mol. The number of nitrogens with zero attached hydrogens (tertiary/aromatic N) is 1. The van der Waals surface area contributed by atoms with Crippen molar-refractivity contribution in [2.24, 2.45) is 0 Å². The topological polar surface area (TPSA) is 25.2 Å². The van der Waals surface area contributed by atoms with Gasteiger partial charge in [0.1, 0.15) is 0 Å². The molecule has 2 nitrogen and oxygen atoms in total. The molecule has 0 fully saturated rings. The Morgan fingerprint density at radius 2 is 1.83 bits per heavy atom. The molecule has 0 aliphatic heterocycles. The molecule has 2 aromatic rings. The van der Waals surface area contributed by atoms with Crippen LogP contribution in [0.1, 0.15) is 42.9 Å². The summed E-state index contributed by atoms with van der Waals surface area (Å²) in [5, 5.41) is 10.4. The molecule has 0 radical (unpaired) electrons. The molecule has 1 heterocycles. The molecule has 1 N–H and O–H groups in total. The van der Waals surface area contributed by atoms with Crippen molar-refractivity contribution < 1.29 is 5.11 Å². The summed E-state index contributed by atoms with van der Waals surface area (Å²) in [5.74, 6) is 0.531. The molecule has 0 atom stereocenters. The average molecular weight is 245 g/mol. The van der Waals surface area contributed by atoms with Crippen molar-refractivity contribution >= 4 is 10.9 Å². The van der Waals surface area contributed by atoms with Crippen LogP contribution in [-0.2, 0) is 6.54 Å². The fourth-order valence-electron chi connectivity index (χ4n) is 2.68. The fraction of sp³-hybridized carbons (Fsp3) is 0.500. The van der Waals surface area contributed by atoms with E-state index < -0.39 is 0 Å².